The first kappa shape index (κ1) is 15.3. The largest absolute Gasteiger partial charge is 0.462 e. The summed E-state index contributed by atoms with van der Waals surface area (Å²) in [5.41, 5.74) is 0.866. The van der Waals surface area contributed by atoms with Gasteiger partial charge in [-0.2, -0.15) is 0 Å². The molecule has 1 aliphatic rings. The lowest BCUT2D eigenvalue weighted by Gasteiger charge is -2.23. The number of anilines is 1. The number of imidazole rings is 1. The Bertz CT molecular complexity index is 723. The Labute approximate surface area is 134 Å². The van der Waals surface area contributed by atoms with Gasteiger partial charge >= 0.3 is 5.97 Å². The third kappa shape index (κ3) is 3.26. The number of rotatable bonds is 4. The van der Waals surface area contributed by atoms with E-state index in [1.54, 1.807) is 37.4 Å². The minimum atomic E-state index is -0.428. The van der Waals surface area contributed by atoms with Gasteiger partial charge in [-0.1, -0.05) is 12.1 Å². The van der Waals surface area contributed by atoms with Crippen LogP contribution in [0.2, 0.25) is 0 Å². The zero-order valence-corrected chi connectivity index (χ0v) is 13.0. The number of para-hydroxylation sites is 1. The smallest absolute Gasteiger partial charge is 0.340 e. The molecular formula is C17H19N3O3. The minimum absolute atomic E-state index is 0.0870. The molecule has 0 radical (unpaired) electrons. The maximum absolute atomic E-state index is 12.5. The van der Waals surface area contributed by atoms with Crippen LogP contribution in [-0.4, -0.2) is 28.0 Å². The zero-order chi connectivity index (χ0) is 16.2. The van der Waals surface area contributed by atoms with Gasteiger partial charge in [-0.25, -0.2) is 9.78 Å². The quantitative estimate of drug-likeness (QED) is 0.879. The minimum Gasteiger partial charge on any atom is -0.462 e. The number of carbonyl (C=O) groups excluding carboxylic acids is 2. The molecule has 0 fully saturated rings. The van der Waals surface area contributed by atoms with Crippen molar-refractivity contribution in [1.29, 1.82) is 0 Å². The van der Waals surface area contributed by atoms with Crippen LogP contribution in [0.4, 0.5) is 5.69 Å². The highest BCUT2D eigenvalue weighted by Gasteiger charge is 2.26. The first-order valence-electron chi connectivity index (χ1n) is 7.76. The van der Waals surface area contributed by atoms with Crippen molar-refractivity contribution in [1.82, 2.24) is 9.55 Å². The number of hydrogen-bond donors (Lipinski definition) is 1. The molecule has 6 heteroatoms. The van der Waals surface area contributed by atoms with Crippen molar-refractivity contribution in [2.24, 2.45) is 5.92 Å². The molecule has 1 unspecified atom stereocenters. The van der Waals surface area contributed by atoms with E-state index in [0.717, 1.165) is 18.8 Å². The number of aryl methyl sites for hydroxylation is 1. The topological polar surface area (TPSA) is 73.2 Å². The average molecular weight is 313 g/mol. The molecule has 1 aromatic carbocycles. The van der Waals surface area contributed by atoms with Gasteiger partial charge in [-0.05, 0) is 25.5 Å². The van der Waals surface area contributed by atoms with E-state index in [0.29, 0.717) is 24.3 Å². The van der Waals surface area contributed by atoms with Gasteiger partial charge in [0.2, 0.25) is 5.91 Å². The Morgan fingerprint density at radius 3 is 3.04 bits per heavy atom. The second kappa shape index (κ2) is 6.64. The van der Waals surface area contributed by atoms with Crippen molar-refractivity contribution in [2.75, 3.05) is 11.9 Å². The summed E-state index contributed by atoms with van der Waals surface area (Å²) in [6.07, 6.45) is 5.06. The summed E-state index contributed by atoms with van der Waals surface area (Å²) in [5, 5.41) is 2.87. The summed E-state index contributed by atoms with van der Waals surface area (Å²) < 4.78 is 7.09. The maximum atomic E-state index is 12.5. The number of nitrogens with one attached hydrogen (secondary N) is 1. The van der Waals surface area contributed by atoms with Gasteiger partial charge in [0.15, 0.2) is 0 Å². The van der Waals surface area contributed by atoms with Crippen LogP contribution < -0.4 is 5.32 Å². The van der Waals surface area contributed by atoms with Gasteiger partial charge in [0.05, 0.1) is 17.9 Å². The van der Waals surface area contributed by atoms with Crippen LogP contribution >= 0.6 is 0 Å². The molecule has 0 saturated heterocycles. The molecule has 0 aliphatic carbocycles. The number of hydrogen-bond acceptors (Lipinski definition) is 4. The van der Waals surface area contributed by atoms with Gasteiger partial charge < -0.3 is 14.6 Å². The predicted molar refractivity (Wildman–Crippen MR) is 85.1 cm³/mol. The molecule has 2 heterocycles. The van der Waals surface area contributed by atoms with Crippen molar-refractivity contribution in [3.8, 4) is 0 Å². The van der Waals surface area contributed by atoms with Crippen LogP contribution in [0.25, 0.3) is 0 Å². The first-order chi connectivity index (χ1) is 11.2. The van der Waals surface area contributed by atoms with E-state index in [4.69, 9.17) is 4.74 Å². The number of ether oxygens (including phenoxy) is 1. The lowest BCUT2D eigenvalue weighted by atomic mass is 9.96. The third-order valence-electron chi connectivity index (χ3n) is 4.00. The molecule has 1 aromatic heterocycles. The van der Waals surface area contributed by atoms with Crippen LogP contribution in [0, 0.1) is 5.92 Å². The number of nitrogens with zero attached hydrogens (tertiary/aromatic N) is 2. The molecule has 1 aliphatic heterocycles. The predicted octanol–water partition coefficient (Wildman–Crippen LogP) is 2.26. The van der Waals surface area contributed by atoms with Crippen LogP contribution in [-0.2, 0) is 22.5 Å². The van der Waals surface area contributed by atoms with Crippen LogP contribution in [0.3, 0.4) is 0 Å². The van der Waals surface area contributed by atoms with E-state index >= 15 is 0 Å². The van der Waals surface area contributed by atoms with E-state index in [1.807, 2.05) is 6.20 Å². The van der Waals surface area contributed by atoms with E-state index in [2.05, 4.69) is 14.9 Å². The van der Waals surface area contributed by atoms with Crippen molar-refractivity contribution < 1.29 is 14.3 Å². The number of amides is 1. The van der Waals surface area contributed by atoms with Crippen molar-refractivity contribution >= 4 is 17.6 Å². The fraction of sp³-hybridized carbons (Fsp3) is 0.353. The molecule has 23 heavy (non-hydrogen) atoms. The summed E-state index contributed by atoms with van der Waals surface area (Å²) in [7, 11) is 0. The second-order valence-electron chi connectivity index (χ2n) is 5.48. The number of carbonyl (C=O) groups is 2. The summed E-state index contributed by atoms with van der Waals surface area (Å²) in [6, 6.07) is 6.90. The Kier molecular flexibility index (Phi) is 4.41. The highest BCUT2D eigenvalue weighted by atomic mass is 16.5. The fourth-order valence-electron chi connectivity index (χ4n) is 2.79. The Hall–Kier alpha value is -2.63. The number of fused-ring (bicyclic) bond motifs is 1. The summed E-state index contributed by atoms with van der Waals surface area (Å²) >= 11 is 0. The highest BCUT2D eigenvalue weighted by molar-refractivity contribution is 6.01. The van der Waals surface area contributed by atoms with Crippen molar-refractivity contribution in [3.63, 3.8) is 0 Å². The zero-order valence-electron chi connectivity index (χ0n) is 13.0. The normalized spacial score (nSPS) is 16.5. The van der Waals surface area contributed by atoms with Gasteiger partial charge in [0.25, 0.3) is 0 Å². The first-order valence-corrected chi connectivity index (χ1v) is 7.76. The van der Waals surface area contributed by atoms with Crippen LogP contribution in [0.1, 0.15) is 29.5 Å². The molecule has 1 N–H and O–H groups in total. The van der Waals surface area contributed by atoms with E-state index in [9.17, 15) is 9.59 Å². The standard InChI is InChI=1S/C17H19N3O3/c1-2-23-17(22)13-5-3-4-6-14(13)19-16(21)12-7-9-20-10-8-18-15(20)11-12/h3-6,8,10,12H,2,7,9,11H2,1H3,(H,19,21). The fourth-order valence-corrected chi connectivity index (χ4v) is 2.79. The molecular weight excluding hydrogens is 294 g/mol. The number of aromatic nitrogens is 2. The monoisotopic (exact) mass is 313 g/mol. The molecule has 0 bridgehead atoms. The highest BCUT2D eigenvalue weighted by Crippen LogP contribution is 2.22. The van der Waals surface area contributed by atoms with Crippen molar-refractivity contribution in [3.05, 3.63) is 48.0 Å². The SMILES string of the molecule is CCOC(=O)c1ccccc1NC(=O)C1CCn2ccnc2C1. The molecule has 120 valence electrons. The summed E-state index contributed by atoms with van der Waals surface area (Å²) in [4.78, 5) is 28.8. The molecule has 2 aromatic rings. The number of esters is 1. The Morgan fingerprint density at radius 2 is 2.22 bits per heavy atom. The van der Waals surface area contributed by atoms with Crippen LogP contribution in [0.15, 0.2) is 36.7 Å². The Balaban J connectivity index is 1.73. The number of benzene rings is 1. The third-order valence-corrected chi connectivity index (χ3v) is 4.00. The lowest BCUT2D eigenvalue weighted by Crippen LogP contribution is -2.30. The van der Waals surface area contributed by atoms with E-state index < -0.39 is 5.97 Å². The van der Waals surface area contributed by atoms with Gasteiger partial charge in [0.1, 0.15) is 5.82 Å². The second-order valence-corrected chi connectivity index (χ2v) is 5.48. The van der Waals surface area contributed by atoms with E-state index in [1.165, 1.54) is 0 Å². The average Bonchev–Trinajstić information content (AvgIpc) is 3.03. The lowest BCUT2D eigenvalue weighted by molar-refractivity contribution is -0.120. The Morgan fingerprint density at radius 1 is 1.39 bits per heavy atom. The molecule has 6 nitrogen and oxygen atoms in total. The summed E-state index contributed by atoms with van der Waals surface area (Å²) in [5.74, 6) is 0.272. The molecule has 3 rings (SSSR count). The molecule has 1 amide bonds. The van der Waals surface area contributed by atoms with Gasteiger partial charge in [-0.15, -0.1) is 0 Å². The molecule has 1 atom stereocenters. The molecule has 0 spiro atoms. The van der Waals surface area contributed by atoms with Gasteiger partial charge in [-0.3, -0.25) is 4.79 Å². The van der Waals surface area contributed by atoms with Gasteiger partial charge in [0, 0.05) is 31.3 Å². The van der Waals surface area contributed by atoms with E-state index in [-0.39, 0.29) is 11.8 Å². The molecule has 0 saturated carbocycles. The summed E-state index contributed by atoms with van der Waals surface area (Å²) in [6.45, 7) is 2.84. The van der Waals surface area contributed by atoms with Crippen molar-refractivity contribution in [2.45, 2.75) is 26.3 Å². The maximum Gasteiger partial charge on any atom is 0.340 e. The van der Waals surface area contributed by atoms with Crippen LogP contribution in [0.5, 0.6) is 0 Å².